The van der Waals surface area contributed by atoms with Gasteiger partial charge in [-0.05, 0) is 18.4 Å². The van der Waals surface area contributed by atoms with Crippen molar-refractivity contribution in [3.05, 3.63) is 35.9 Å². The van der Waals surface area contributed by atoms with Gasteiger partial charge >= 0.3 is 6.09 Å². The Labute approximate surface area is 106 Å². The molecular weight excluding hydrogens is 230 g/mol. The highest BCUT2D eigenvalue weighted by atomic mass is 16.6. The third-order valence-electron chi connectivity index (χ3n) is 3.85. The van der Waals surface area contributed by atoms with E-state index in [4.69, 9.17) is 4.74 Å². The molecule has 1 spiro atoms. The van der Waals surface area contributed by atoms with Gasteiger partial charge in [0.15, 0.2) is 0 Å². The molecule has 0 aromatic heterocycles. The normalized spacial score (nSPS) is 21.3. The van der Waals surface area contributed by atoms with Crippen LogP contribution in [0.4, 0.5) is 4.79 Å². The average molecular weight is 247 g/mol. The first-order valence-electron chi connectivity index (χ1n) is 6.31. The molecule has 1 amide bonds. The van der Waals surface area contributed by atoms with Gasteiger partial charge in [-0.25, -0.2) is 4.79 Å². The van der Waals surface area contributed by atoms with Gasteiger partial charge in [0.25, 0.3) is 0 Å². The summed E-state index contributed by atoms with van der Waals surface area (Å²) < 4.78 is 5.25. The number of ether oxygens (including phenoxy) is 1. The van der Waals surface area contributed by atoms with E-state index < -0.39 is 0 Å². The Morgan fingerprint density at radius 3 is 2.61 bits per heavy atom. The van der Waals surface area contributed by atoms with Gasteiger partial charge in [-0.3, -0.25) is 0 Å². The van der Waals surface area contributed by atoms with Crippen LogP contribution in [-0.4, -0.2) is 35.3 Å². The zero-order chi connectivity index (χ0) is 12.6. The molecule has 2 fully saturated rings. The van der Waals surface area contributed by atoms with Gasteiger partial charge in [0, 0.05) is 18.5 Å². The van der Waals surface area contributed by atoms with Crippen LogP contribution in [0.15, 0.2) is 30.3 Å². The summed E-state index contributed by atoms with van der Waals surface area (Å²) in [6, 6.07) is 9.67. The van der Waals surface area contributed by atoms with Crippen molar-refractivity contribution < 1.29 is 14.6 Å². The average Bonchev–Trinajstić information content (AvgIpc) is 2.30. The second kappa shape index (κ2) is 4.28. The smallest absolute Gasteiger partial charge is 0.410 e. The summed E-state index contributed by atoms with van der Waals surface area (Å²) in [4.78, 5) is 13.5. The van der Waals surface area contributed by atoms with Crippen LogP contribution in [0, 0.1) is 5.41 Å². The van der Waals surface area contributed by atoms with Crippen molar-refractivity contribution in [3.8, 4) is 0 Å². The number of carbonyl (C=O) groups excluding carboxylic acids is 1. The van der Waals surface area contributed by atoms with Crippen LogP contribution in [0.5, 0.6) is 0 Å². The van der Waals surface area contributed by atoms with Crippen molar-refractivity contribution in [2.45, 2.75) is 25.6 Å². The summed E-state index contributed by atoms with van der Waals surface area (Å²) in [5, 5.41) is 9.29. The van der Waals surface area contributed by atoms with E-state index in [1.165, 1.54) is 0 Å². The van der Waals surface area contributed by atoms with Crippen LogP contribution in [0.3, 0.4) is 0 Å². The second-order valence-electron chi connectivity index (χ2n) is 5.46. The molecular formula is C14H17NO3. The van der Waals surface area contributed by atoms with Crippen molar-refractivity contribution >= 4 is 6.09 Å². The molecule has 2 aliphatic rings. The zero-order valence-electron chi connectivity index (χ0n) is 10.2. The van der Waals surface area contributed by atoms with E-state index in [0.29, 0.717) is 6.61 Å². The number of hydrogen-bond acceptors (Lipinski definition) is 3. The monoisotopic (exact) mass is 247 g/mol. The lowest BCUT2D eigenvalue weighted by molar-refractivity contribution is -0.119. The van der Waals surface area contributed by atoms with E-state index in [9.17, 15) is 9.90 Å². The van der Waals surface area contributed by atoms with Crippen molar-refractivity contribution in [1.82, 2.24) is 4.90 Å². The maximum Gasteiger partial charge on any atom is 0.410 e. The topological polar surface area (TPSA) is 49.8 Å². The standard InChI is InChI=1S/C14H17NO3/c16-12-6-14(7-12)9-15(10-14)13(17)18-8-11-4-2-1-3-5-11/h1-5,12,16H,6-10H2. The zero-order valence-corrected chi connectivity index (χ0v) is 10.2. The molecule has 0 atom stereocenters. The van der Waals surface area contributed by atoms with Gasteiger partial charge in [0.05, 0.1) is 6.10 Å². The van der Waals surface area contributed by atoms with Gasteiger partial charge in [-0.1, -0.05) is 30.3 Å². The lowest BCUT2D eigenvalue weighted by Gasteiger charge is -2.57. The molecule has 96 valence electrons. The minimum Gasteiger partial charge on any atom is -0.445 e. The molecule has 4 heteroatoms. The highest BCUT2D eigenvalue weighted by Gasteiger charge is 2.53. The SMILES string of the molecule is O=C(OCc1ccccc1)N1CC2(CC(O)C2)C1. The Balaban J connectivity index is 1.44. The summed E-state index contributed by atoms with van der Waals surface area (Å²) >= 11 is 0. The highest BCUT2D eigenvalue weighted by Crippen LogP contribution is 2.48. The molecule has 1 saturated carbocycles. The molecule has 1 aromatic carbocycles. The molecule has 3 rings (SSSR count). The van der Waals surface area contributed by atoms with Crippen LogP contribution in [0.1, 0.15) is 18.4 Å². The number of nitrogens with zero attached hydrogens (tertiary/aromatic N) is 1. The van der Waals surface area contributed by atoms with E-state index >= 15 is 0 Å². The van der Waals surface area contributed by atoms with Crippen LogP contribution < -0.4 is 0 Å². The first kappa shape index (κ1) is 11.5. The lowest BCUT2D eigenvalue weighted by Crippen LogP contribution is -2.65. The minimum absolute atomic E-state index is 0.160. The van der Waals surface area contributed by atoms with Crippen molar-refractivity contribution in [1.29, 1.82) is 0 Å². The number of carbonyl (C=O) groups is 1. The molecule has 1 saturated heterocycles. The molecule has 0 unspecified atom stereocenters. The maximum atomic E-state index is 11.7. The van der Waals surface area contributed by atoms with Gasteiger partial charge in [0.1, 0.15) is 6.61 Å². The maximum absolute atomic E-state index is 11.7. The summed E-state index contributed by atoms with van der Waals surface area (Å²) in [6.45, 7) is 1.79. The number of hydrogen-bond donors (Lipinski definition) is 1. The molecule has 18 heavy (non-hydrogen) atoms. The van der Waals surface area contributed by atoms with E-state index in [1.54, 1.807) is 4.90 Å². The number of aliphatic hydroxyl groups excluding tert-OH is 1. The molecule has 1 aliphatic carbocycles. The third-order valence-corrected chi connectivity index (χ3v) is 3.85. The highest BCUT2D eigenvalue weighted by molar-refractivity contribution is 5.69. The van der Waals surface area contributed by atoms with Crippen LogP contribution >= 0.6 is 0 Å². The molecule has 0 radical (unpaired) electrons. The van der Waals surface area contributed by atoms with Crippen LogP contribution in [0.25, 0.3) is 0 Å². The fourth-order valence-corrected chi connectivity index (χ4v) is 2.90. The van der Waals surface area contributed by atoms with Crippen molar-refractivity contribution in [3.63, 3.8) is 0 Å². The van der Waals surface area contributed by atoms with Crippen molar-refractivity contribution in [2.75, 3.05) is 13.1 Å². The van der Waals surface area contributed by atoms with Crippen molar-refractivity contribution in [2.24, 2.45) is 5.41 Å². The van der Waals surface area contributed by atoms with E-state index in [0.717, 1.165) is 31.5 Å². The van der Waals surface area contributed by atoms with E-state index in [2.05, 4.69) is 0 Å². The summed E-state index contributed by atoms with van der Waals surface area (Å²) in [5.74, 6) is 0. The Kier molecular flexibility index (Phi) is 2.74. The lowest BCUT2D eigenvalue weighted by atomic mass is 9.62. The second-order valence-corrected chi connectivity index (χ2v) is 5.46. The number of likely N-dealkylation sites (tertiary alicyclic amines) is 1. The Bertz CT molecular complexity index is 432. The predicted molar refractivity (Wildman–Crippen MR) is 65.9 cm³/mol. The van der Waals surface area contributed by atoms with E-state index in [-0.39, 0.29) is 17.6 Å². The first-order chi connectivity index (χ1) is 8.67. The fourth-order valence-electron chi connectivity index (χ4n) is 2.90. The van der Waals surface area contributed by atoms with Gasteiger partial charge in [-0.15, -0.1) is 0 Å². The summed E-state index contributed by atoms with van der Waals surface area (Å²) in [5.41, 5.74) is 1.20. The van der Waals surface area contributed by atoms with E-state index in [1.807, 2.05) is 30.3 Å². The Morgan fingerprint density at radius 1 is 1.33 bits per heavy atom. The van der Waals surface area contributed by atoms with Gasteiger partial charge in [-0.2, -0.15) is 0 Å². The molecule has 1 heterocycles. The Morgan fingerprint density at radius 2 is 2.00 bits per heavy atom. The molecule has 1 N–H and O–H groups in total. The predicted octanol–water partition coefficient (Wildman–Crippen LogP) is 1.78. The van der Waals surface area contributed by atoms with Gasteiger partial charge in [0.2, 0.25) is 0 Å². The number of rotatable bonds is 2. The molecule has 0 bridgehead atoms. The third kappa shape index (κ3) is 2.08. The quantitative estimate of drug-likeness (QED) is 0.866. The van der Waals surface area contributed by atoms with Crippen LogP contribution in [-0.2, 0) is 11.3 Å². The van der Waals surface area contributed by atoms with Gasteiger partial charge < -0.3 is 14.7 Å². The fraction of sp³-hybridized carbons (Fsp3) is 0.500. The summed E-state index contributed by atoms with van der Waals surface area (Å²) in [6.07, 6.45) is 1.25. The molecule has 1 aliphatic heterocycles. The first-order valence-corrected chi connectivity index (χ1v) is 6.31. The summed E-state index contributed by atoms with van der Waals surface area (Å²) in [7, 11) is 0. The molecule has 4 nitrogen and oxygen atoms in total. The number of aliphatic hydroxyl groups is 1. The van der Waals surface area contributed by atoms with Crippen LogP contribution in [0.2, 0.25) is 0 Å². The minimum atomic E-state index is -0.245. The number of amides is 1. The Hall–Kier alpha value is -1.55. The molecule has 1 aromatic rings. The number of benzene rings is 1. The largest absolute Gasteiger partial charge is 0.445 e.